The minimum Gasteiger partial charge on any atom is -0.378 e. The first-order chi connectivity index (χ1) is 12.7. The van der Waals surface area contributed by atoms with Crippen LogP contribution in [0, 0.1) is 10.6 Å². The molecule has 0 bridgehead atoms. The quantitative estimate of drug-likeness (QED) is 0.367. The molecule has 1 N–H and O–H groups in total. The summed E-state index contributed by atoms with van der Waals surface area (Å²) < 4.78 is 8.24. The molecule has 0 aliphatic carbocycles. The number of rotatable bonds is 4. The summed E-state index contributed by atoms with van der Waals surface area (Å²) in [7, 11) is 0. The topological polar surface area (TPSA) is 67.0 Å². The summed E-state index contributed by atoms with van der Waals surface area (Å²) in [4.78, 5) is 6.67. The molecule has 0 atom stereocenters. The molecule has 2 aromatic heterocycles. The van der Waals surface area contributed by atoms with Gasteiger partial charge in [-0.05, 0) is 35.1 Å². The maximum Gasteiger partial charge on any atom is 0.180 e. The van der Waals surface area contributed by atoms with E-state index in [1.807, 2.05) is 28.9 Å². The van der Waals surface area contributed by atoms with E-state index in [4.69, 9.17) is 9.84 Å². The molecule has 0 radical (unpaired) electrons. The number of aromatic nitrogens is 3. The summed E-state index contributed by atoms with van der Waals surface area (Å²) in [6.07, 6.45) is 3.62. The van der Waals surface area contributed by atoms with E-state index in [1.54, 1.807) is 6.20 Å². The first-order valence-corrected chi connectivity index (χ1v) is 9.51. The molecule has 7 nitrogen and oxygen atoms in total. The Labute approximate surface area is 165 Å². The molecule has 0 amide bonds. The Bertz CT molecular complexity index is 948. The number of aryl methyl sites for hydroxylation is 1. The fraction of sp³-hybridized carbons (Fsp3) is 0.278. The predicted octanol–water partition coefficient (Wildman–Crippen LogP) is 2.92. The molecule has 0 saturated carbocycles. The largest absolute Gasteiger partial charge is 0.378 e. The third-order valence-electron chi connectivity index (χ3n) is 4.19. The van der Waals surface area contributed by atoms with Crippen LogP contribution in [0.25, 0.3) is 5.65 Å². The standard InChI is InChI=1S/C18H19IN6O/c1-13-3-2-4-14(9-13)11-21-22-15-10-17(24-5-7-26-8-6-24)23-25-16(19)12-20-18(15)25/h2-4,9-12,22H,5-8H2,1H3/b21-11+. The maximum absolute atomic E-state index is 5.44. The summed E-state index contributed by atoms with van der Waals surface area (Å²) >= 11 is 2.24. The van der Waals surface area contributed by atoms with Crippen LogP contribution in [-0.2, 0) is 4.74 Å². The maximum atomic E-state index is 5.44. The van der Waals surface area contributed by atoms with Crippen LogP contribution in [0.3, 0.4) is 0 Å². The van der Waals surface area contributed by atoms with Crippen molar-refractivity contribution in [1.82, 2.24) is 14.6 Å². The van der Waals surface area contributed by atoms with Gasteiger partial charge in [0.05, 0.1) is 25.6 Å². The van der Waals surface area contributed by atoms with Crippen LogP contribution in [-0.4, -0.2) is 47.1 Å². The number of nitrogens with one attached hydrogen (secondary N) is 1. The van der Waals surface area contributed by atoms with Crippen LogP contribution < -0.4 is 10.3 Å². The second-order valence-corrected chi connectivity index (χ2v) is 7.22. The van der Waals surface area contributed by atoms with E-state index in [0.717, 1.165) is 52.7 Å². The van der Waals surface area contributed by atoms with Crippen molar-refractivity contribution >= 4 is 46.0 Å². The first-order valence-electron chi connectivity index (χ1n) is 8.43. The molecular weight excluding hydrogens is 443 g/mol. The highest BCUT2D eigenvalue weighted by Gasteiger charge is 2.16. The van der Waals surface area contributed by atoms with Crippen molar-refractivity contribution in [2.24, 2.45) is 5.10 Å². The molecular formula is C18H19IN6O. The van der Waals surface area contributed by atoms with Crippen molar-refractivity contribution < 1.29 is 4.74 Å². The Morgan fingerprint density at radius 1 is 1.27 bits per heavy atom. The van der Waals surface area contributed by atoms with Gasteiger partial charge >= 0.3 is 0 Å². The molecule has 1 saturated heterocycles. The van der Waals surface area contributed by atoms with Gasteiger partial charge in [0.15, 0.2) is 11.5 Å². The van der Waals surface area contributed by atoms with Gasteiger partial charge in [-0.25, -0.2) is 9.50 Å². The molecule has 8 heteroatoms. The molecule has 3 aromatic rings. The molecule has 1 aromatic carbocycles. The molecule has 0 spiro atoms. The number of imidazole rings is 1. The van der Waals surface area contributed by atoms with Gasteiger partial charge in [0, 0.05) is 19.2 Å². The summed E-state index contributed by atoms with van der Waals surface area (Å²) in [6.45, 7) is 5.16. The average Bonchev–Trinajstić information content (AvgIpc) is 3.04. The Morgan fingerprint density at radius 3 is 2.92 bits per heavy atom. The Kier molecular flexibility index (Phi) is 5.02. The molecule has 1 aliphatic rings. The highest BCUT2D eigenvalue weighted by atomic mass is 127. The molecule has 3 heterocycles. The summed E-state index contributed by atoms with van der Waals surface area (Å²) in [5.74, 6) is 0.893. The summed E-state index contributed by atoms with van der Waals surface area (Å²) in [5, 5.41) is 9.12. The zero-order chi connectivity index (χ0) is 17.9. The molecule has 26 heavy (non-hydrogen) atoms. The lowest BCUT2D eigenvalue weighted by molar-refractivity contribution is 0.122. The van der Waals surface area contributed by atoms with E-state index < -0.39 is 0 Å². The smallest absolute Gasteiger partial charge is 0.180 e. The third-order valence-corrected chi connectivity index (χ3v) is 4.92. The van der Waals surface area contributed by atoms with Crippen molar-refractivity contribution in [1.29, 1.82) is 0 Å². The van der Waals surface area contributed by atoms with Crippen molar-refractivity contribution in [2.45, 2.75) is 6.92 Å². The van der Waals surface area contributed by atoms with E-state index in [1.165, 1.54) is 5.56 Å². The summed E-state index contributed by atoms with van der Waals surface area (Å²) in [5.41, 5.74) is 6.97. The van der Waals surface area contributed by atoms with Crippen molar-refractivity contribution in [3.63, 3.8) is 0 Å². The van der Waals surface area contributed by atoms with Crippen LogP contribution in [0.1, 0.15) is 11.1 Å². The Balaban J connectivity index is 1.64. The Morgan fingerprint density at radius 2 is 2.12 bits per heavy atom. The van der Waals surface area contributed by atoms with Crippen LogP contribution >= 0.6 is 22.6 Å². The minimum atomic E-state index is 0.717. The van der Waals surface area contributed by atoms with E-state index in [-0.39, 0.29) is 0 Å². The SMILES string of the molecule is Cc1cccc(/C=N/Nc2cc(N3CCOCC3)nn3c(I)cnc23)c1. The monoisotopic (exact) mass is 462 g/mol. The number of morpholine rings is 1. The lowest BCUT2D eigenvalue weighted by Crippen LogP contribution is -2.37. The van der Waals surface area contributed by atoms with Gasteiger partial charge < -0.3 is 9.64 Å². The number of ether oxygens (including phenoxy) is 1. The summed E-state index contributed by atoms with van der Waals surface area (Å²) in [6, 6.07) is 10.2. The third kappa shape index (κ3) is 3.65. The number of hydrogen-bond acceptors (Lipinski definition) is 6. The molecule has 134 valence electrons. The molecule has 0 unspecified atom stereocenters. The van der Waals surface area contributed by atoms with E-state index in [0.29, 0.717) is 0 Å². The number of fused-ring (bicyclic) bond motifs is 1. The van der Waals surface area contributed by atoms with Crippen molar-refractivity contribution in [3.05, 3.63) is 51.4 Å². The van der Waals surface area contributed by atoms with Crippen molar-refractivity contribution in [3.8, 4) is 0 Å². The van der Waals surface area contributed by atoms with E-state index in [2.05, 4.69) is 62.1 Å². The minimum absolute atomic E-state index is 0.717. The normalized spacial score (nSPS) is 15.1. The van der Waals surface area contributed by atoms with Crippen molar-refractivity contribution in [2.75, 3.05) is 36.6 Å². The lowest BCUT2D eigenvalue weighted by atomic mass is 10.2. The van der Waals surface area contributed by atoms with Gasteiger partial charge in [0.2, 0.25) is 0 Å². The van der Waals surface area contributed by atoms with Crippen LogP contribution in [0.15, 0.2) is 41.6 Å². The molecule has 1 fully saturated rings. The zero-order valence-corrected chi connectivity index (χ0v) is 16.5. The fourth-order valence-corrected chi connectivity index (χ4v) is 3.36. The van der Waals surface area contributed by atoms with Crippen LogP contribution in [0.4, 0.5) is 11.5 Å². The Hall–Kier alpha value is -2.20. The zero-order valence-electron chi connectivity index (χ0n) is 14.4. The fourth-order valence-electron chi connectivity index (χ4n) is 2.88. The number of nitrogens with zero attached hydrogens (tertiary/aromatic N) is 5. The molecule has 4 rings (SSSR count). The number of hydrogen-bond donors (Lipinski definition) is 1. The van der Waals surface area contributed by atoms with Crippen LogP contribution in [0.5, 0.6) is 0 Å². The van der Waals surface area contributed by atoms with Gasteiger partial charge in [0.1, 0.15) is 9.39 Å². The number of anilines is 2. The van der Waals surface area contributed by atoms with Gasteiger partial charge in [-0.15, -0.1) is 5.10 Å². The van der Waals surface area contributed by atoms with Gasteiger partial charge in [-0.2, -0.15) is 5.10 Å². The predicted molar refractivity (Wildman–Crippen MR) is 111 cm³/mol. The lowest BCUT2D eigenvalue weighted by Gasteiger charge is -2.28. The second-order valence-electron chi connectivity index (χ2n) is 6.12. The van der Waals surface area contributed by atoms with Gasteiger partial charge in [0.25, 0.3) is 0 Å². The van der Waals surface area contributed by atoms with Gasteiger partial charge in [-0.1, -0.05) is 29.8 Å². The van der Waals surface area contributed by atoms with Gasteiger partial charge in [-0.3, -0.25) is 5.43 Å². The highest BCUT2D eigenvalue weighted by Crippen LogP contribution is 2.24. The molecule has 1 aliphatic heterocycles. The van der Waals surface area contributed by atoms with Crippen LogP contribution in [0.2, 0.25) is 0 Å². The second kappa shape index (κ2) is 7.58. The average molecular weight is 462 g/mol. The number of hydrazone groups is 1. The highest BCUT2D eigenvalue weighted by molar-refractivity contribution is 14.1. The van der Waals surface area contributed by atoms with E-state index >= 15 is 0 Å². The van der Waals surface area contributed by atoms with E-state index in [9.17, 15) is 0 Å². The number of benzene rings is 1. The first kappa shape index (κ1) is 17.2. The number of halogens is 1.